The van der Waals surface area contributed by atoms with Gasteiger partial charge in [0.25, 0.3) is 5.22 Å². The van der Waals surface area contributed by atoms with Crippen molar-refractivity contribution in [1.82, 2.24) is 4.98 Å². The van der Waals surface area contributed by atoms with E-state index in [1.165, 1.54) is 11.3 Å². The van der Waals surface area contributed by atoms with Gasteiger partial charge in [0.2, 0.25) is 0 Å². The lowest BCUT2D eigenvalue weighted by molar-refractivity contribution is 0.477. The first-order chi connectivity index (χ1) is 9.11. The number of nitrogens with two attached hydrogens (primary N) is 1. The van der Waals surface area contributed by atoms with Crippen LogP contribution in [0.2, 0.25) is 4.34 Å². The standard InChI is InChI=1S/C12H9ClN2O2S2/c13-11-4-2-8(18-11)6-19(16)12-15-9-3-1-7(14)5-10(9)17-12/h1-5H,6,14H2. The zero-order valence-electron chi connectivity index (χ0n) is 9.63. The first-order valence-electron chi connectivity index (χ1n) is 5.40. The number of nitrogen functional groups attached to an aromatic ring is 1. The Labute approximate surface area is 120 Å². The van der Waals surface area contributed by atoms with Crippen molar-refractivity contribution < 1.29 is 8.63 Å². The summed E-state index contributed by atoms with van der Waals surface area (Å²) in [6.45, 7) is 0. The third-order valence-corrected chi connectivity index (χ3v) is 5.04. The van der Waals surface area contributed by atoms with Crippen molar-refractivity contribution in [1.29, 1.82) is 0 Å². The smallest absolute Gasteiger partial charge is 0.288 e. The second kappa shape index (κ2) is 4.96. The second-order valence-corrected chi connectivity index (χ2v) is 7.03. The van der Waals surface area contributed by atoms with Crippen LogP contribution in [0.25, 0.3) is 11.1 Å². The number of nitrogens with zero attached hydrogens (tertiary/aromatic N) is 1. The van der Waals surface area contributed by atoms with Gasteiger partial charge in [0, 0.05) is 16.6 Å². The molecule has 0 spiro atoms. The van der Waals surface area contributed by atoms with Gasteiger partial charge in [-0.25, -0.2) is 9.19 Å². The zero-order valence-corrected chi connectivity index (χ0v) is 12.0. The highest BCUT2D eigenvalue weighted by Crippen LogP contribution is 2.25. The molecule has 1 atom stereocenters. The second-order valence-electron chi connectivity index (χ2n) is 3.90. The maximum atomic E-state index is 12.2. The molecule has 0 aliphatic carbocycles. The molecule has 0 amide bonds. The van der Waals surface area contributed by atoms with E-state index in [2.05, 4.69) is 4.98 Å². The molecule has 2 aromatic heterocycles. The van der Waals surface area contributed by atoms with Crippen LogP contribution in [-0.4, -0.2) is 9.19 Å². The molecule has 0 saturated carbocycles. The average molecular weight is 313 g/mol. The van der Waals surface area contributed by atoms with Crippen molar-refractivity contribution in [2.75, 3.05) is 5.73 Å². The highest BCUT2D eigenvalue weighted by molar-refractivity contribution is 7.84. The Balaban J connectivity index is 1.89. The van der Waals surface area contributed by atoms with Gasteiger partial charge in [0.1, 0.15) is 16.3 Å². The van der Waals surface area contributed by atoms with Crippen LogP contribution in [0.3, 0.4) is 0 Å². The van der Waals surface area contributed by atoms with Gasteiger partial charge < -0.3 is 10.2 Å². The average Bonchev–Trinajstić information content (AvgIpc) is 2.95. The summed E-state index contributed by atoms with van der Waals surface area (Å²) < 4.78 is 18.3. The van der Waals surface area contributed by atoms with Crippen molar-refractivity contribution in [3.8, 4) is 0 Å². The molecule has 2 N–H and O–H groups in total. The Morgan fingerprint density at radius 3 is 2.95 bits per heavy atom. The Morgan fingerprint density at radius 1 is 1.37 bits per heavy atom. The minimum absolute atomic E-state index is 0.213. The lowest BCUT2D eigenvalue weighted by Crippen LogP contribution is -1.94. The number of anilines is 1. The summed E-state index contributed by atoms with van der Waals surface area (Å²) in [5.41, 5.74) is 7.45. The van der Waals surface area contributed by atoms with Gasteiger partial charge >= 0.3 is 0 Å². The van der Waals surface area contributed by atoms with Gasteiger partial charge in [-0.05, 0) is 24.3 Å². The van der Waals surface area contributed by atoms with Crippen molar-refractivity contribution >= 4 is 50.5 Å². The summed E-state index contributed by atoms with van der Waals surface area (Å²) in [7, 11) is -1.33. The Kier molecular flexibility index (Phi) is 3.30. The van der Waals surface area contributed by atoms with Crippen LogP contribution in [0.4, 0.5) is 5.69 Å². The topological polar surface area (TPSA) is 69.1 Å². The van der Waals surface area contributed by atoms with E-state index in [4.69, 9.17) is 21.8 Å². The molecule has 1 aromatic carbocycles. The van der Waals surface area contributed by atoms with Crippen molar-refractivity contribution in [3.63, 3.8) is 0 Å². The Bertz CT molecular complexity index is 766. The normalized spacial score (nSPS) is 12.9. The summed E-state index contributed by atoms with van der Waals surface area (Å²) in [6, 6.07) is 8.79. The maximum absolute atomic E-state index is 12.2. The van der Waals surface area contributed by atoms with E-state index in [0.717, 1.165) is 4.88 Å². The number of hydrogen-bond donors (Lipinski definition) is 1. The van der Waals surface area contributed by atoms with E-state index in [0.29, 0.717) is 26.9 Å². The number of benzene rings is 1. The van der Waals surface area contributed by atoms with E-state index in [1.54, 1.807) is 24.3 Å². The van der Waals surface area contributed by atoms with Gasteiger partial charge in [-0.1, -0.05) is 11.6 Å². The first-order valence-corrected chi connectivity index (χ1v) is 7.92. The zero-order chi connectivity index (χ0) is 13.4. The fraction of sp³-hybridized carbons (Fsp3) is 0.0833. The fourth-order valence-electron chi connectivity index (χ4n) is 1.64. The van der Waals surface area contributed by atoms with E-state index in [-0.39, 0.29) is 5.22 Å². The fourth-order valence-corrected chi connectivity index (χ4v) is 3.94. The molecule has 4 nitrogen and oxygen atoms in total. The summed E-state index contributed by atoms with van der Waals surface area (Å²) >= 11 is 7.24. The number of oxazole rings is 1. The number of fused-ring (bicyclic) bond motifs is 1. The van der Waals surface area contributed by atoms with Gasteiger partial charge in [0.15, 0.2) is 5.58 Å². The summed E-state index contributed by atoms with van der Waals surface area (Å²) in [5.74, 6) is 0.347. The van der Waals surface area contributed by atoms with E-state index in [9.17, 15) is 4.21 Å². The number of hydrogen-bond acceptors (Lipinski definition) is 5. The van der Waals surface area contributed by atoms with Crippen molar-refractivity contribution in [2.45, 2.75) is 11.0 Å². The molecule has 3 rings (SSSR count). The number of thiophene rings is 1. The predicted octanol–water partition coefficient (Wildman–Crippen LogP) is 3.43. The molecule has 0 saturated heterocycles. The van der Waals surface area contributed by atoms with E-state index >= 15 is 0 Å². The third kappa shape index (κ3) is 2.65. The highest BCUT2D eigenvalue weighted by atomic mass is 35.5. The quantitative estimate of drug-likeness (QED) is 0.752. The molecule has 98 valence electrons. The minimum atomic E-state index is -1.33. The van der Waals surface area contributed by atoms with Gasteiger partial charge in [-0.3, -0.25) is 0 Å². The van der Waals surface area contributed by atoms with Crippen molar-refractivity contribution in [3.05, 3.63) is 39.5 Å². The Hall–Kier alpha value is -1.37. The van der Waals surface area contributed by atoms with Crippen LogP contribution in [0.15, 0.2) is 40.0 Å². The van der Waals surface area contributed by atoms with Gasteiger partial charge in [-0.15, -0.1) is 11.3 Å². The monoisotopic (exact) mass is 312 g/mol. The van der Waals surface area contributed by atoms with Crippen LogP contribution in [0, 0.1) is 0 Å². The molecule has 7 heteroatoms. The van der Waals surface area contributed by atoms with E-state index < -0.39 is 10.8 Å². The van der Waals surface area contributed by atoms with Crippen LogP contribution in [0.5, 0.6) is 0 Å². The van der Waals surface area contributed by atoms with Crippen LogP contribution in [0.1, 0.15) is 4.88 Å². The molecular weight excluding hydrogens is 304 g/mol. The van der Waals surface area contributed by atoms with Crippen LogP contribution < -0.4 is 5.73 Å². The van der Waals surface area contributed by atoms with Crippen LogP contribution >= 0.6 is 22.9 Å². The first kappa shape index (κ1) is 12.7. The molecular formula is C12H9ClN2O2S2. The van der Waals surface area contributed by atoms with E-state index in [1.807, 2.05) is 6.07 Å². The van der Waals surface area contributed by atoms with Crippen molar-refractivity contribution in [2.24, 2.45) is 0 Å². The molecule has 3 aromatic rings. The predicted molar refractivity (Wildman–Crippen MR) is 77.9 cm³/mol. The van der Waals surface area contributed by atoms with Gasteiger partial charge in [0.05, 0.1) is 10.1 Å². The molecule has 0 aliphatic heterocycles. The molecule has 0 aliphatic rings. The van der Waals surface area contributed by atoms with Crippen LogP contribution in [-0.2, 0) is 16.6 Å². The largest absolute Gasteiger partial charge is 0.430 e. The summed E-state index contributed by atoms with van der Waals surface area (Å²) in [4.78, 5) is 5.14. The molecule has 0 fully saturated rings. The Morgan fingerprint density at radius 2 is 2.21 bits per heavy atom. The highest BCUT2D eigenvalue weighted by Gasteiger charge is 2.14. The number of halogens is 1. The maximum Gasteiger partial charge on any atom is 0.288 e. The lowest BCUT2D eigenvalue weighted by Gasteiger charge is -1.93. The SMILES string of the molecule is Nc1ccc2nc(S(=O)Cc3ccc(Cl)s3)oc2c1. The lowest BCUT2D eigenvalue weighted by atomic mass is 10.3. The van der Waals surface area contributed by atoms with Gasteiger partial charge in [-0.2, -0.15) is 0 Å². The molecule has 19 heavy (non-hydrogen) atoms. The molecule has 0 bridgehead atoms. The number of rotatable bonds is 3. The molecule has 2 heterocycles. The number of aromatic nitrogens is 1. The molecule has 1 unspecified atom stereocenters. The molecule has 0 radical (unpaired) electrons. The third-order valence-electron chi connectivity index (χ3n) is 2.49. The minimum Gasteiger partial charge on any atom is -0.430 e. The summed E-state index contributed by atoms with van der Waals surface area (Å²) in [6.07, 6.45) is 0. The summed E-state index contributed by atoms with van der Waals surface area (Å²) in [5, 5.41) is 0.213.